The minimum atomic E-state index is -0.309. The molecule has 2 amide bonds. The van der Waals surface area contributed by atoms with E-state index in [-0.39, 0.29) is 30.3 Å². The zero-order valence-corrected chi connectivity index (χ0v) is 15.5. The van der Waals surface area contributed by atoms with Crippen molar-refractivity contribution in [3.05, 3.63) is 70.5 Å². The molecule has 1 aliphatic rings. The quantitative estimate of drug-likeness (QED) is 0.900. The zero-order chi connectivity index (χ0) is 19.4. The van der Waals surface area contributed by atoms with Crippen LogP contribution in [0.25, 0.3) is 0 Å². The number of aryl methyl sites for hydroxylation is 2. The van der Waals surface area contributed by atoms with E-state index in [2.05, 4.69) is 5.32 Å². The topological polar surface area (TPSA) is 58.6 Å². The van der Waals surface area contributed by atoms with Gasteiger partial charge in [0, 0.05) is 12.1 Å². The molecule has 0 bridgehead atoms. The fourth-order valence-corrected chi connectivity index (χ4v) is 3.23. The summed E-state index contributed by atoms with van der Waals surface area (Å²) < 4.78 is 18.8. The van der Waals surface area contributed by atoms with Crippen LogP contribution in [-0.4, -0.2) is 43.0 Å². The van der Waals surface area contributed by atoms with Gasteiger partial charge in [0.2, 0.25) is 5.91 Å². The van der Waals surface area contributed by atoms with E-state index in [1.54, 1.807) is 29.2 Å². The van der Waals surface area contributed by atoms with Gasteiger partial charge in [-0.1, -0.05) is 29.3 Å². The SMILES string of the molecule is Cc1cc(C)cc(C(=O)NCC(=O)N2CCO[C@@H](c3ccc(F)cc3)C2)c1. The van der Waals surface area contributed by atoms with E-state index in [0.29, 0.717) is 25.3 Å². The van der Waals surface area contributed by atoms with Crippen LogP contribution in [-0.2, 0) is 9.53 Å². The number of carbonyl (C=O) groups is 2. The van der Waals surface area contributed by atoms with Crippen molar-refractivity contribution in [3.63, 3.8) is 0 Å². The van der Waals surface area contributed by atoms with Crippen LogP contribution in [0.5, 0.6) is 0 Å². The monoisotopic (exact) mass is 370 g/mol. The van der Waals surface area contributed by atoms with Crippen LogP contribution in [0.1, 0.15) is 33.2 Å². The number of rotatable bonds is 4. The summed E-state index contributed by atoms with van der Waals surface area (Å²) in [5.74, 6) is -0.738. The Morgan fingerprint density at radius 2 is 1.81 bits per heavy atom. The molecule has 2 aromatic carbocycles. The van der Waals surface area contributed by atoms with Crippen LogP contribution in [0.2, 0.25) is 0 Å². The highest BCUT2D eigenvalue weighted by molar-refractivity contribution is 5.96. The first-order valence-electron chi connectivity index (χ1n) is 8.94. The number of ether oxygens (including phenoxy) is 1. The molecule has 1 heterocycles. The van der Waals surface area contributed by atoms with Gasteiger partial charge in [-0.25, -0.2) is 4.39 Å². The van der Waals surface area contributed by atoms with E-state index in [4.69, 9.17) is 4.74 Å². The first kappa shape index (κ1) is 19.0. The van der Waals surface area contributed by atoms with E-state index < -0.39 is 0 Å². The Kier molecular flexibility index (Phi) is 5.86. The lowest BCUT2D eigenvalue weighted by Gasteiger charge is -2.33. The number of morpholine rings is 1. The minimum absolute atomic E-state index is 0.0675. The van der Waals surface area contributed by atoms with Crippen LogP contribution in [0.15, 0.2) is 42.5 Å². The second-order valence-electron chi connectivity index (χ2n) is 6.81. The second-order valence-corrected chi connectivity index (χ2v) is 6.81. The normalized spacial score (nSPS) is 16.9. The highest BCUT2D eigenvalue weighted by atomic mass is 19.1. The van der Waals surface area contributed by atoms with Crippen molar-refractivity contribution in [2.45, 2.75) is 20.0 Å². The zero-order valence-electron chi connectivity index (χ0n) is 15.5. The Morgan fingerprint density at radius 3 is 2.48 bits per heavy atom. The minimum Gasteiger partial charge on any atom is -0.370 e. The summed E-state index contributed by atoms with van der Waals surface area (Å²) in [5.41, 5.74) is 3.38. The maximum Gasteiger partial charge on any atom is 0.251 e. The van der Waals surface area contributed by atoms with Crippen LogP contribution in [0.4, 0.5) is 4.39 Å². The van der Waals surface area contributed by atoms with Gasteiger partial charge in [0.05, 0.1) is 19.7 Å². The molecular formula is C21H23FN2O3. The van der Waals surface area contributed by atoms with Gasteiger partial charge in [0.1, 0.15) is 11.9 Å². The molecule has 2 aromatic rings. The maximum absolute atomic E-state index is 13.1. The molecule has 1 saturated heterocycles. The summed E-state index contributed by atoms with van der Waals surface area (Å²) >= 11 is 0. The van der Waals surface area contributed by atoms with Crippen molar-refractivity contribution >= 4 is 11.8 Å². The summed E-state index contributed by atoms with van der Waals surface area (Å²) in [7, 11) is 0. The lowest BCUT2D eigenvalue weighted by molar-refractivity contribution is -0.137. The van der Waals surface area contributed by atoms with Crippen LogP contribution < -0.4 is 5.32 Å². The third kappa shape index (κ3) is 4.92. The van der Waals surface area contributed by atoms with Crippen molar-refractivity contribution in [1.29, 1.82) is 0 Å². The van der Waals surface area contributed by atoms with Gasteiger partial charge in [-0.05, 0) is 43.7 Å². The number of nitrogens with zero attached hydrogens (tertiary/aromatic N) is 1. The van der Waals surface area contributed by atoms with Gasteiger partial charge in [0.25, 0.3) is 5.91 Å². The Labute approximate surface area is 158 Å². The number of carbonyl (C=O) groups excluding carboxylic acids is 2. The number of nitrogens with one attached hydrogen (secondary N) is 1. The third-order valence-corrected chi connectivity index (χ3v) is 4.54. The van der Waals surface area contributed by atoms with E-state index in [1.165, 1.54) is 12.1 Å². The number of benzene rings is 2. The van der Waals surface area contributed by atoms with Gasteiger partial charge in [-0.2, -0.15) is 0 Å². The van der Waals surface area contributed by atoms with Crippen LogP contribution in [0, 0.1) is 19.7 Å². The van der Waals surface area contributed by atoms with Crippen molar-refractivity contribution in [3.8, 4) is 0 Å². The van der Waals surface area contributed by atoms with E-state index in [9.17, 15) is 14.0 Å². The number of hydrogen-bond donors (Lipinski definition) is 1. The lowest BCUT2D eigenvalue weighted by Crippen LogP contribution is -2.46. The van der Waals surface area contributed by atoms with Crippen molar-refractivity contribution in [1.82, 2.24) is 10.2 Å². The largest absolute Gasteiger partial charge is 0.370 e. The highest BCUT2D eigenvalue weighted by Crippen LogP contribution is 2.22. The fourth-order valence-electron chi connectivity index (χ4n) is 3.23. The summed E-state index contributed by atoms with van der Waals surface area (Å²) in [6.07, 6.45) is -0.293. The molecule has 3 rings (SSSR count). The number of amides is 2. The molecule has 142 valence electrons. The molecule has 0 radical (unpaired) electrons. The van der Waals surface area contributed by atoms with Gasteiger partial charge >= 0.3 is 0 Å². The average molecular weight is 370 g/mol. The standard InChI is InChI=1S/C21H23FN2O3/c1-14-9-15(2)11-17(10-14)21(26)23-12-20(25)24-7-8-27-19(13-24)16-3-5-18(22)6-4-16/h3-6,9-11,19H,7-8,12-13H2,1-2H3,(H,23,26)/t19-/m1/s1. The Morgan fingerprint density at radius 1 is 1.15 bits per heavy atom. The molecule has 1 fully saturated rings. The molecule has 0 aromatic heterocycles. The Hall–Kier alpha value is -2.73. The molecule has 0 saturated carbocycles. The molecule has 0 spiro atoms. The van der Waals surface area contributed by atoms with Crippen molar-refractivity contribution in [2.24, 2.45) is 0 Å². The lowest BCUT2D eigenvalue weighted by atomic mass is 10.1. The molecule has 6 heteroatoms. The van der Waals surface area contributed by atoms with Gasteiger partial charge < -0.3 is 15.0 Å². The predicted molar refractivity (Wildman–Crippen MR) is 99.9 cm³/mol. The van der Waals surface area contributed by atoms with E-state index in [0.717, 1.165) is 16.7 Å². The average Bonchev–Trinajstić information content (AvgIpc) is 2.65. The fraction of sp³-hybridized carbons (Fsp3) is 0.333. The summed E-state index contributed by atoms with van der Waals surface area (Å²) in [6, 6.07) is 11.7. The molecule has 1 atom stereocenters. The molecule has 27 heavy (non-hydrogen) atoms. The van der Waals surface area contributed by atoms with Crippen molar-refractivity contribution in [2.75, 3.05) is 26.2 Å². The van der Waals surface area contributed by atoms with Crippen molar-refractivity contribution < 1.29 is 18.7 Å². The summed E-state index contributed by atoms with van der Waals surface area (Å²) in [4.78, 5) is 26.5. The summed E-state index contributed by atoms with van der Waals surface area (Å²) in [6.45, 7) is 5.04. The molecular weight excluding hydrogens is 347 g/mol. The third-order valence-electron chi connectivity index (χ3n) is 4.54. The first-order chi connectivity index (χ1) is 12.9. The van der Waals surface area contributed by atoms with Gasteiger partial charge in [-0.15, -0.1) is 0 Å². The molecule has 1 N–H and O–H groups in total. The van der Waals surface area contributed by atoms with E-state index in [1.807, 2.05) is 19.9 Å². The molecule has 0 unspecified atom stereocenters. The number of hydrogen-bond acceptors (Lipinski definition) is 3. The first-order valence-corrected chi connectivity index (χ1v) is 8.94. The smallest absolute Gasteiger partial charge is 0.251 e. The highest BCUT2D eigenvalue weighted by Gasteiger charge is 2.25. The molecule has 5 nitrogen and oxygen atoms in total. The van der Waals surface area contributed by atoms with Gasteiger partial charge in [-0.3, -0.25) is 9.59 Å². The molecule has 1 aliphatic heterocycles. The van der Waals surface area contributed by atoms with Crippen LogP contribution >= 0.6 is 0 Å². The Bertz CT molecular complexity index is 816. The Balaban J connectivity index is 1.57. The maximum atomic E-state index is 13.1. The van der Waals surface area contributed by atoms with E-state index >= 15 is 0 Å². The van der Waals surface area contributed by atoms with Gasteiger partial charge in [0.15, 0.2) is 0 Å². The summed E-state index contributed by atoms with van der Waals surface area (Å²) in [5, 5.41) is 2.69. The second kappa shape index (κ2) is 8.31. The number of halogens is 1. The predicted octanol–water partition coefficient (Wildman–Crippen LogP) is 2.77. The molecule has 0 aliphatic carbocycles. The van der Waals surface area contributed by atoms with Crippen LogP contribution in [0.3, 0.4) is 0 Å².